The fourth-order valence-corrected chi connectivity index (χ4v) is 6.28. The fourth-order valence-electron chi connectivity index (χ4n) is 4.92. The van der Waals surface area contributed by atoms with Crippen molar-refractivity contribution in [1.82, 2.24) is 4.90 Å². The van der Waals surface area contributed by atoms with E-state index in [0.717, 1.165) is 11.8 Å². The molecule has 0 bridgehead atoms. The van der Waals surface area contributed by atoms with Crippen molar-refractivity contribution in [2.75, 3.05) is 12.4 Å². The van der Waals surface area contributed by atoms with E-state index in [1.165, 1.54) is 49.2 Å². The van der Waals surface area contributed by atoms with E-state index < -0.39 is 45.9 Å². The molecule has 13 heteroatoms. The average molecular weight is 630 g/mol. The van der Waals surface area contributed by atoms with Crippen molar-refractivity contribution >= 4 is 47.5 Å². The molecule has 1 amide bonds. The van der Waals surface area contributed by atoms with Gasteiger partial charge in [-0.25, -0.2) is 9.79 Å². The first-order valence-electron chi connectivity index (χ1n) is 13.7. The van der Waals surface area contributed by atoms with Crippen LogP contribution in [0, 0.1) is 10.1 Å². The standard InChI is InChI=1S/C32H27N3O9S/c1-20(36)42-18-25-19-45-31-32(44-21(2)37,33-17-22-13-15-26(16-14-22)35(40)41)30(39)34(31)27(25)29(38)43-28(23-9-5-3-6-10-23)24-11-7-4-8-12-24/h3-17,28,31H,18-19H2,1-2H3/t31-,32?/m1/s1. The first-order chi connectivity index (χ1) is 21.6. The number of nitro groups is 1. The molecule has 45 heavy (non-hydrogen) atoms. The summed E-state index contributed by atoms with van der Waals surface area (Å²) in [6.07, 6.45) is 0.449. The number of thioether (sulfide) groups is 1. The molecule has 0 saturated carbocycles. The molecule has 12 nitrogen and oxygen atoms in total. The zero-order valence-electron chi connectivity index (χ0n) is 24.2. The van der Waals surface area contributed by atoms with Crippen molar-refractivity contribution in [3.05, 3.63) is 123 Å². The highest BCUT2D eigenvalue weighted by molar-refractivity contribution is 8.00. The number of carbonyl (C=O) groups excluding carboxylic acids is 4. The quantitative estimate of drug-likeness (QED) is 0.0790. The highest BCUT2D eigenvalue weighted by atomic mass is 32.2. The summed E-state index contributed by atoms with van der Waals surface area (Å²) in [5.74, 6) is -2.88. The number of hydrogen-bond acceptors (Lipinski definition) is 11. The molecule has 0 aromatic heterocycles. The molecule has 1 fully saturated rings. The molecule has 2 atom stereocenters. The number of benzene rings is 3. The van der Waals surface area contributed by atoms with Crippen LogP contribution in [0.3, 0.4) is 0 Å². The summed E-state index contributed by atoms with van der Waals surface area (Å²) in [5.41, 5.74) is -0.145. The molecule has 1 unspecified atom stereocenters. The van der Waals surface area contributed by atoms with E-state index in [4.69, 9.17) is 14.2 Å². The lowest BCUT2D eigenvalue weighted by molar-refractivity contribution is -0.384. The van der Waals surface area contributed by atoms with Crippen LogP contribution in [0.25, 0.3) is 0 Å². The Morgan fingerprint density at radius 3 is 2.13 bits per heavy atom. The van der Waals surface area contributed by atoms with Crippen LogP contribution < -0.4 is 0 Å². The van der Waals surface area contributed by atoms with E-state index >= 15 is 0 Å². The number of hydrogen-bond donors (Lipinski definition) is 0. The molecule has 1 saturated heterocycles. The molecule has 3 aromatic rings. The van der Waals surface area contributed by atoms with Crippen LogP contribution in [-0.4, -0.2) is 63.3 Å². The number of ether oxygens (including phenoxy) is 3. The second kappa shape index (κ2) is 13.1. The van der Waals surface area contributed by atoms with Crippen LogP contribution in [0.1, 0.15) is 36.6 Å². The number of nitro benzene ring substituents is 1. The van der Waals surface area contributed by atoms with E-state index in [0.29, 0.717) is 22.3 Å². The third-order valence-corrected chi connectivity index (χ3v) is 8.33. The molecule has 2 aliphatic heterocycles. The van der Waals surface area contributed by atoms with Crippen LogP contribution in [-0.2, 0) is 33.4 Å². The number of fused-ring (bicyclic) bond motifs is 1. The highest BCUT2D eigenvalue weighted by Gasteiger charge is 2.68. The summed E-state index contributed by atoms with van der Waals surface area (Å²) in [5, 5.41) is 10.1. The van der Waals surface area contributed by atoms with Crippen LogP contribution in [0.15, 0.2) is 101 Å². The number of aliphatic imine (C=N–C) groups is 1. The van der Waals surface area contributed by atoms with Gasteiger partial charge in [-0.1, -0.05) is 60.7 Å². The Morgan fingerprint density at radius 1 is 1.00 bits per heavy atom. The van der Waals surface area contributed by atoms with Gasteiger partial charge in [0.25, 0.3) is 11.6 Å². The Hall–Kier alpha value is -5.30. The SMILES string of the molecule is CC(=O)OCC1=C(C(=O)OC(c2ccccc2)c2ccccc2)N2C(=O)C(N=Cc3ccc([N+](=O)[O-])cc3)(OC(C)=O)[C@H]2SC1. The minimum Gasteiger partial charge on any atom is -0.461 e. The number of amides is 1. The zero-order valence-corrected chi connectivity index (χ0v) is 25.0. The van der Waals surface area contributed by atoms with Gasteiger partial charge in [0.2, 0.25) is 0 Å². The third-order valence-electron chi connectivity index (χ3n) is 6.97. The van der Waals surface area contributed by atoms with E-state index in [9.17, 15) is 29.3 Å². The molecule has 3 aromatic carbocycles. The Balaban J connectivity index is 1.51. The second-order valence-electron chi connectivity index (χ2n) is 10.1. The molecular formula is C32H27N3O9S. The molecular weight excluding hydrogens is 602 g/mol. The maximum atomic E-state index is 14.0. The molecule has 5 rings (SSSR count). The number of β-lactam (4-membered cyclic amide) rings is 1. The van der Waals surface area contributed by atoms with Crippen molar-refractivity contribution in [3.63, 3.8) is 0 Å². The lowest BCUT2D eigenvalue weighted by Crippen LogP contribution is -2.74. The fraction of sp³-hybridized carbons (Fsp3) is 0.219. The van der Waals surface area contributed by atoms with Crippen LogP contribution in [0.4, 0.5) is 5.69 Å². The van der Waals surface area contributed by atoms with Crippen LogP contribution >= 0.6 is 11.8 Å². The van der Waals surface area contributed by atoms with Gasteiger partial charge in [0.15, 0.2) is 11.5 Å². The van der Waals surface area contributed by atoms with Gasteiger partial charge in [-0.2, -0.15) is 0 Å². The average Bonchev–Trinajstić information content (AvgIpc) is 3.04. The van der Waals surface area contributed by atoms with E-state index in [1.54, 1.807) is 0 Å². The van der Waals surface area contributed by atoms with Crippen molar-refractivity contribution in [3.8, 4) is 0 Å². The van der Waals surface area contributed by atoms with Crippen molar-refractivity contribution < 1.29 is 38.3 Å². The predicted octanol–water partition coefficient (Wildman–Crippen LogP) is 4.34. The summed E-state index contributed by atoms with van der Waals surface area (Å²) in [4.78, 5) is 67.8. The number of rotatable bonds is 10. The van der Waals surface area contributed by atoms with Crippen molar-refractivity contribution in [1.29, 1.82) is 0 Å². The van der Waals surface area contributed by atoms with Gasteiger partial charge in [0, 0.05) is 43.5 Å². The van der Waals surface area contributed by atoms with Crippen molar-refractivity contribution in [2.24, 2.45) is 4.99 Å². The van der Waals surface area contributed by atoms with Gasteiger partial charge < -0.3 is 14.2 Å². The lowest BCUT2D eigenvalue weighted by atomic mass is 9.98. The molecule has 0 aliphatic carbocycles. The normalized spacial score (nSPS) is 19.1. The van der Waals surface area contributed by atoms with Gasteiger partial charge >= 0.3 is 23.6 Å². The summed E-state index contributed by atoms with van der Waals surface area (Å²) in [6, 6.07) is 23.6. The Labute approximate surface area is 261 Å². The summed E-state index contributed by atoms with van der Waals surface area (Å²) >= 11 is 1.17. The Morgan fingerprint density at radius 2 is 1.60 bits per heavy atom. The lowest BCUT2D eigenvalue weighted by Gasteiger charge is -2.53. The monoisotopic (exact) mass is 629 g/mol. The summed E-state index contributed by atoms with van der Waals surface area (Å²) in [6.45, 7) is 2.09. The Bertz CT molecular complexity index is 1650. The number of nitrogens with zero attached hydrogens (tertiary/aromatic N) is 3. The van der Waals surface area contributed by atoms with Crippen molar-refractivity contribution in [2.45, 2.75) is 31.1 Å². The highest BCUT2D eigenvalue weighted by Crippen LogP contribution is 2.49. The number of carbonyl (C=O) groups is 4. The Kier molecular flexibility index (Phi) is 9.09. The molecule has 230 valence electrons. The summed E-state index contributed by atoms with van der Waals surface area (Å²) in [7, 11) is 0. The predicted molar refractivity (Wildman–Crippen MR) is 163 cm³/mol. The largest absolute Gasteiger partial charge is 0.461 e. The topological polar surface area (TPSA) is 155 Å². The van der Waals surface area contributed by atoms with E-state index in [1.807, 2.05) is 60.7 Å². The number of esters is 3. The minimum atomic E-state index is -2.02. The minimum absolute atomic E-state index is 0.129. The molecule has 2 heterocycles. The van der Waals surface area contributed by atoms with Gasteiger partial charge in [0.1, 0.15) is 12.3 Å². The first-order valence-corrected chi connectivity index (χ1v) is 14.8. The molecule has 0 radical (unpaired) electrons. The maximum Gasteiger partial charge on any atom is 0.356 e. The smallest absolute Gasteiger partial charge is 0.356 e. The molecule has 2 aliphatic rings. The van der Waals surface area contributed by atoms with Crippen LogP contribution in [0.2, 0.25) is 0 Å². The zero-order chi connectivity index (χ0) is 32.1. The number of non-ortho nitro benzene ring substituents is 1. The van der Waals surface area contributed by atoms with Gasteiger partial charge in [0.05, 0.1) is 4.92 Å². The first kappa shape index (κ1) is 31.1. The molecule has 0 N–H and O–H groups in total. The molecule has 0 spiro atoms. The summed E-state index contributed by atoms with van der Waals surface area (Å²) < 4.78 is 16.8. The van der Waals surface area contributed by atoms with Crippen LogP contribution in [0.5, 0.6) is 0 Å². The second-order valence-corrected chi connectivity index (χ2v) is 11.1. The van der Waals surface area contributed by atoms with Gasteiger partial charge in [-0.15, -0.1) is 11.8 Å². The maximum absolute atomic E-state index is 14.0. The van der Waals surface area contributed by atoms with E-state index in [-0.39, 0.29) is 23.7 Å². The van der Waals surface area contributed by atoms with Gasteiger partial charge in [-0.3, -0.25) is 29.4 Å². The van der Waals surface area contributed by atoms with Gasteiger partial charge in [-0.05, 0) is 28.8 Å². The third kappa shape index (κ3) is 6.48. The van der Waals surface area contributed by atoms with E-state index in [2.05, 4.69) is 4.99 Å².